The van der Waals surface area contributed by atoms with Crippen molar-refractivity contribution in [1.82, 2.24) is 10.6 Å². The van der Waals surface area contributed by atoms with E-state index in [1.807, 2.05) is 0 Å². The van der Waals surface area contributed by atoms with Crippen molar-refractivity contribution < 1.29 is 24.2 Å². The molecule has 0 heterocycles. The Kier molecular flexibility index (Phi) is 6.77. The fourth-order valence-electron chi connectivity index (χ4n) is 1.87. The van der Waals surface area contributed by atoms with Crippen LogP contribution in [0.2, 0.25) is 0 Å². The fraction of sp³-hybridized carbons (Fsp3) is 0.429. The number of nitrogens with one attached hydrogen (secondary N) is 2. The largest absolute Gasteiger partial charge is 0.481 e. The van der Waals surface area contributed by atoms with Crippen LogP contribution in [0.15, 0.2) is 24.3 Å². The maximum absolute atomic E-state index is 12.9. The zero-order valence-electron chi connectivity index (χ0n) is 11.7. The van der Waals surface area contributed by atoms with Gasteiger partial charge in [0.25, 0.3) is 0 Å². The smallest absolute Gasteiger partial charge is 0.305 e. The van der Waals surface area contributed by atoms with Crippen molar-refractivity contribution in [2.75, 3.05) is 13.1 Å². The monoisotopic (exact) mass is 298 g/mol. The van der Waals surface area contributed by atoms with Crippen LogP contribution >= 0.6 is 0 Å². The van der Waals surface area contributed by atoms with E-state index < -0.39 is 23.9 Å². The highest BCUT2D eigenvalue weighted by Crippen LogP contribution is 2.19. The molecule has 0 aliphatic carbocycles. The Hall–Kier alpha value is -1.99. The van der Waals surface area contributed by atoms with Gasteiger partial charge in [0.2, 0.25) is 5.91 Å². The highest BCUT2D eigenvalue weighted by Gasteiger charge is 2.23. The fourth-order valence-corrected chi connectivity index (χ4v) is 1.87. The quantitative estimate of drug-likeness (QED) is 0.522. The first-order chi connectivity index (χ1) is 9.90. The molecule has 0 saturated heterocycles. The molecule has 4 N–H and O–H groups in total. The van der Waals surface area contributed by atoms with E-state index >= 15 is 0 Å². The normalized spacial score (nSPS) is 13.5. The SMILES string of the molecule is CC(=O)NCCNC(CC(=O)O)C(O)c1ccc(F)cc1. The number of aliphatic hydroxyl groups excluding tert-OH is 1. The molecule has 0 saturated carbocycles. The summed E-state index contributed by atoms with van der Waals surface area (Å²) in [5.74, 6) is -1.68. The molecule has 2 atom stereocenters. The van der Waals surface area contributed by atoms with Crippen LogP contribution in [0.3, 0.4) is 0 Å². The standard InChI is InChI=1S/C14H19FN2O4/c1-9(18)16-6-7-17-12(8-13(19)20)14(21)10-2-4-11(15)5-3-10/h2-5,12,14,17,21H,6-8H2,1H3,(H,16,18)(H,19,20). The molecule has 1 amide bonds. The van der Waals surface area contributed by atoms with E-state index in [4.69, 9.17) is 5.11 Å². The molecule has 1 aromatic carbocycles. The summed E-state index contributed by atoms with van der Waals surface area (Å²) < 4.78 is 12.9. The van der Waals surface area contributed by atoms with E-state index in [1.54, 1.807) is 0 Å². The zero-order chi connectivity index (χ0) is 15.8. The lowest BCUT2D eigenvalue weighted by molar-refractivity contribution is -0.138. The molecule has 116 valence electrons. The Bertz CT molecular complexity index is 478. The van der Waals surface area contributed by atoms with Gasteiger partial charge in [0.15, 0.2) is 0 Å². The van der Waals surface area contributed by atoms with Crippen molar-refractivity contribution in [3.8, 4) is 0 Å². The van der Waals surface area contributed by atoms with Gasteiger partial charge in [-0.3, -0.25) is 9.59 Å². The number of amides is 1. The van der Waals surface area contributed by atoms with Gasteiger partial charge < -0.3 is 20.8 Å². The Morgan fingerprint density at radius 1 is 1.24 bits per heavy atom. The number of hydrogen-bond acceptors (Lipinski definition) is 4. The summed E-state index contributed by atoms with van der Waals surface area (Å²) in [6.45, 7) is 2.01. The number of carboxylic acid groups (broad SMARTS) is 1. The summed E-state index contributed by atoms with van der Waals surface area (Å²) in [5, 5.41) is 24.5. The third-order valence-electron chi connectivity index (χ3n) is 2.89. The summed E-state index contributed by atoms with van der Waals surface area (Å²) in [5.41, 5.74) is 0.426. The van der Waals surface area contributed by atoms with E-state index in [-0.39, 0.29) is 12.3 Å². The Balaban J connectivity index is 2.64. The average molecular weight is 298 g/mol. The van der Waals surface area contributed by atoms with Crippen molar-refractivity contribution in [2.45, 2.75) is 25.5 Å². The molecule has 0 spiro atoms. The molecule has 0 radical (unpaired) electrons. The molecule has 0 aliphatic rings. The van der Waals surface area contributed by atoms with Gasteiger partial charge in [0.05, 0.1) is 12.5 Å². The number of aliphatic carboxylic acids is 1. The number of halogens is 1. The van der Waals surface area contributed by atoms with Gasteiger partial charge in [0.1, 0.15) is 5.82 Å². The Morgan fingerprint density at radius 2 is 1.86 bits per heavy atom. The van der Waals surface area contributed by atoms with E-state index in [1.165, 1.54) is 31.2 Å². The number of rotatable bonds is 8. The number of hydrogen-bond donors (Lipinski definition) is 4. The molecule has 1 rings (SSSR count). The van der Waals surface area contributed by atoms with Crippen molar-refractivity contribution in [3.05, 3.63) is 35.6 Å². The third kappa shape index (κ3) is 6.33. The van der Waals surface area contributed by atoms with E-state index in [0.717, 1.165) is 0 Å². The lowest BCUT2D eigenvalue weighted by atomic mass is 9.99. The maximum Gasteiger partial charge on any atom is 0.305 e. The number of carboxylic acids is 1. The van der Waals surface area contributed by atoms with Crippen LogP contribution in [0.1, 0.15) is 25.0 Å². The van der Waals surface area contributed by atoms with E-state index in [2.05, 4.69) is 10.6 Å². The molecule has 0 aliphatic heterocycles. The molecular weight excluding hydrogens is 279 g/mol. The van der Waals surface area contributed by atoms with Gasteiger partial charge in [0, 0.05) is 26.1 Å². The van der Waals surface area contributed by atoms with Crippen molar-refractivity contribution in [1.29, 1.82) is 0 Å². The van der Waals surface area contributed by atoms with Crippen LogP contribution in [0.5, 0.6) is 0 Å². The minimum Gasteiger partial charge on any atom is -0.481 e. The number of aliphatic hydroxyl groups is 1. The molecule has 2 unspecified atom stereocenters. The molecular formula is C14H19FN2O4. The predicted octanol–water partition coefficient (Wildman–Crippen LogP) is 0.428. The Morgan fingerprint density at radius 3 is 2.38 bits per heavy atom. The molecule has 6 nitrogen and oxygen atoms in total. The lowest BCUT2D eigenvalue weighted by Crippen LogP contribution is -2.41. The molecule has 7 heteroatoms. The topological polar surface area (TPSA) is 98.7 Å². The maximum atomic E-state index is 12.9. The second-order valence-corrected chi connectivity index (χ2v) is 4.64. The molecule has 1 aromatic rings. The predicted molar refractivity (Wildman–Crippen MR) is 74.1 cm³/mol. The number of carbonyl (C=O) groups excluding carboxylic acids is 1. The van der Waals surface area contributed by atoms with Gasteiger partial charge in [-0.25, -0.2) is 4.39 Å². The van der Waals surface area contributed by atoms with Crippen LogP contribution in [0.25, 0.3) is 0 Å². The second-order valence-electron chi connectivity index (χ2n) is 4.64. The summed E-state index contributed by atoms with van der Waals surface area (Å²) in [6, 6.07) is 4.48. The number of benzene rings is 1. The highest BCUT2D eigenvalue weighted by molar-refractivity contribution is 5.72. The van der Waals surface area contributed by atoms with Crippen molar-refractivity contribution >= 4 is 11.9 Å². The average Bonchev–Trinajstić information content (AvgIpc) is 2.41. The van der Waals surface area contributed by atoms with Crippen LogP contribution in [-0.4, -0.2) is 41.2 Å². The summed E-state index contributed by atoms with van der Waals surface area (Å²) in [6.07, 6.45) is -1.38. The van der Waals surface area contributed by atoms with Crippen LogP contribution in [0.4, 0.5) is 4.39 Å². The first-order valence-corrected chi connectivity index (χ1v) is 6.53. The van der Waals surface area contributed by atoms with Crippen LogP contribution in [-0.2, 0) is 9.59 Å². The van der Waals surface area contributed by atoms with Gasteiger partial charge >= 0.3 is 5.97 Å². The van der Waals surface area contributed by atoms with E-state index in [0.29, 0.717) is 18.7 Å². The van der Waals surface area contributed by atoms with Gasteiger partial charge in [-0.2, -0.15) is 0 Å². The highest BCUT2D eigenvalue weighted by atomic mass is 19.1. The zero-order valence-corrected chi connectivity index (χ0v) is 11.7. The minimum absolute atomic E-state index is 0.189. The summed E-state index contributed by atoms with van der Waals surface area (Å²) in [7, 11) is 0. The lowest BCUT2D eigenvalue weighted by Gasteiger charge is -2.23. The molecule has 0 fully saturated rings. The summed E-state index contributed by atoms with van der Waals surface area (Å²) in [4.78, 5) is 21.6. The van der Waals surface area contributed by atoms with Crippen LogP contribution in [0, 0.1) is 5.82 Å². The van der Waals surface area contributed by atoms with Crippen molar-refractivity contribution in [3.63, 3.8) is 0 Å². The van der Waals surface area contributed by atoms with Gasteiger partial charge in [-0.1, -0.05) is 12.1 Å². The van der Waals surface area contributed by atoms with E-state index in [9.17, 15) is 19.1 Å². The number of carbonyl (C=O) groups is 2. The first-order valence-electron chi connectivity index (χ1n) is 6.53. The van der Waals surface area contributed by atoms with Crippen LogP contribution < -0.4 is 10.6 Å². The second kappa shape index (κ2) is 8.33. The van der Waals surface area contributed by atoms with Crippen molar-refractivity contribution in [2.24, 2.45) is 0 Å². The molecule has 0 aromatic heterocycles. The first kappa shape index (κ1) is 17.1. The minimum atomic E-state index is -1.08. The van der Waals surface area contributed by atoms with Gasteiger partial charge in [-0.05, 0) is 17.7 Å². The third-order valence-corrected chi connectivity index (χ3v) is 2.89. The summed E-state index contributed by atoms with van der Waals surface area (Å²) >= 11 is 0. The van der Waals surface area contributed by atoms with Gasteiger partial charge in [-0.15, -0.1) is 0 Å². The molecule has 21 heavy (non-hydrogen) atoms. The molecule has 0 bridgehead atoms. The Labute approximate surface area is 122 Å².